The number of nitrogens with one attached hydrogen (secondary N) is 1. The van der Waals surface area contributed by atoms with Crippen LogP contribution in [0.4, 0.5) is 18.9 Å². The molecule has 0 spiro atoms. The molecule has 4 nitrogen and oxygen atoms in total. The predicted octanol–water partition coefficient (Wildman–Crippen LogP) is 3.39. The third-order valence-electron chi connectivity index (χ3n) is 4.96. The van der Waals surface area contributed by atoms with Crippen molar-refractivity contribution in [2.24, 2.45) is 23.7 Å². The number of amides is 1. The number of carboxylic acid groups (broad SMARTS) is 1. The number of hydrogen-bond acceptors (Lipinski definition) is 2. The van der Waals surface area contributed by atoms with Crippen molar-refractivity contribution in [1.82, 2.24) is 0 Å². The molecular formula is C16H16F3NO3. The summed E-state index contributed by atoms with van der Waals surface area (Å²) in [6.07, 6.45) is -2.18. The molecule has 124 valence electrons. The second-order valence-electron chi connectivity index (χ2n) is 6.29. The number of carboxylic acids is 1. The van der Waals surface area contributed by atoms with Crippen LogP contribution in [0.15, 0.2) is 24.3 Å². The number of fused-ring (bicyclic) bond motifs is 2. The lowest BCUT2D eigenvalue weighted by molar-refractivity contribution is -0.148. The van der Waals surface area contributed by atoms with Crippen molar-refractivity contribution < 1.29 is 27.9 Å². The molecule has 2 aliphatic carbocycles. The Kier molecular flexibility index (Phi) is 3.82. The number of carbonyl (C=O) groups is 2. The zero-order chi connectivity index (χ0) is 16.8. The highest BCUT2D eigenvalue weighted by Gasteiger charge is 2.54. The average Bonchev–Trinajstić information content (AvgIpc) is 3.07. The Hall–Kier alpha value is -2.05. The Morgan fingerprint density at radius 2 is 1.78 bits per heavy atom. The monoisotopic (exact) mass is 327 g/mol. The number of hydrogen-bond donors (Lipinski definition) is 2. The predicted molar refractivity (Wildman–Crippen MR) is 75.5 cm³/mol. The first-order valence-electron chi connectivity index (χ1n) is 7.48. The SMILES string of the molecule is O=C(O)[C@H]1[C@H]2CC[C@@H](C2)[C@@H]1C(=O)Nc1cccc(C(F)(F)F)c1. The van der Waals surface area contributed by atoms with E-state index in [-0.39, 0.29) is 17.5 Å². The van der Waals surface area contributed by atoms with Gasteiger partial charge in [0.2, 0.25) is 5.91 Å². The van der Waals surface area contributed by atoms with Gasteiger partial charge in [0.05, 0.1) is 17.4 Å². The van der Waals surface area contributed by atoms with Crippen molar-refractivity contribution in [2.75, 3.05) is 5.32 Å². The molecule has 1 aromatic rings. The van der Waals surface area contributed by atoms with Crippen LogP contribution in [-0.4, -0.2) is 17.0 Å². The lowest BCUT2D eigenvalue weighted by atomic mass is 9.78. The second-order valence-corrected chi connectivity index (χ2v) is 6.29. The van der Waals surface area contributed by atoms with Gasteiger partial charge in [-0.15, -0.1) is 0 Å². The molecule has 3 rings (SSSR count). The van der Waals surface area contributed by atoms with Crippen molar-refractivity contribution >= 4 is 17.6 Å². The van der Waals surface area contributed by atoms with Gasteiger partial charge in [-0.1, -0.05) is 6.07 Å². The van der Waals surface area contributed by atoms with Gasteiger partial charge >= 0.3 is 12.1 Å². The van der Waals surface area contributed by atoms with Gasteiger partial charge in [0.15, 0.2) is 0 Å². The standard InChI is InChI=1S/C16H16F3NO3/c17-16(18,19)10-2-1-3-11(7-10)20-14(21)12-8-4-5-9(6-8)13(12)15(22)23/h1-3,7-9,12-13H,4-6H2,(H,20,21)(H,22,23)/t8-,9-,12-,13-/m0/s1. The fraction of sp³-hybridized carbons (Fsp3) is 0.500. The molecule has 2 N–H and O–H groups in total. The summed E-state index contributed by atoms with van der Waals surface area (Å²) in [4.78, 5) is 23.8. The number of halogens is 3. The minimum absolute atomic E-state index is 0.00485. The van der Waals surface area contributed by atoms with Gasteiger partial charge in [0.1, 0.15) is 0 Å². The van der Waals surface area contributed by atoms with E-state index in [1.54, 1.807) is 0 Å². The molecule has 1 aromatic carbocycles. The summed E-state index contributed by atoms with van der Waals surface area (Å²) >= 11 is 0. The maximum Gasteiger partial charge on any atom is 0.416 e. The van der Waals surface area contributed by atoms with Crippen molar-refractivity contribution in [1.29, 1.82) is 0 Å². The van der Waals surface area contributed by atoms with E-state index in [9.17, 15) is 27.9 Å². The number of aliphatic carboxylic acids is 1. The molecule has 4 atom stereocenters. The van der Waals surface area contributed by atoms with E-state index in [0.717, 1.165) is 25.0 Å². The topological polar surface area (TPSA) is 66.4 Å². The van der Waals surface area contributed by atoms with Gasteiger partial charge in [-0.05, 0) is 49.3 Å². The number of carbonyl (C=O) groups excluding carboxylic acids is 1. The summed E-state index contributed by atoms with van der Waals surface area (Å²) in [5.41, 5.74) is -0.810. The Bertz CT molecular complexity index is 644. The molecule has 2 saturated carbocycles. The highest BCUT2D eigenvalue weighted by atomic mass is 19.4. The number of alkyl halides is 3. The van der Waals surface area contributed by atoms with Crippen LogP contribution >= 0.6 is 0 Å². The quantitative estimate of drug-likeness (QED) is 0.894. The number of anilines is 1. The summed E-state index contributed by atoms with van der Waals surface area (Å²) in [5, 5.41) is 11.8. The third-order valence-corrected chi connectivity index (χ3v) is 4.96. The van der Waals surface area contributed by atoms with Crippen LogP contribution < -0.4 is 5.32 Å². The Morgan fingerprint density at radius 3 is 2.39 bits per heavy atom. The highest BCUT2D eigenvalue weighted by Crippen LogP contribution is 2.52. The van der Waals surface area contributed by atoms with E-state index < -0.39 is 35.5 Å². The molecule has 0 aromatic heterocycles. The van der Waals surface area contributed by atoms with Crippen LogP contribution in [0, 0.1) is 23.7 Å². The van der Waals surface area contributed by atoms with Crippen molar-refractivity contribution in [3.05, 3.63) is 29.8 Å². The molecule has 2 bridgehead atoms. The van der Waals surface area contributed by atoms with Crippen LogP contribution in [0.2, 0.25) is 0 Å². The van der Waals surface area contributed by atoms with Crippen molar-refractivity contribution in [2.45, 2.75) is 25.4 Å². The van der Waals surface area contributed by atoms with Crippen LogP contribution in [0.1, 0.15) is 24.8 Å². The van der Waals surface area contributed by atoms with E-state index in [1.807, 2.05) is 0 Å². The summed E-state index contributed by atoms with van der Waals surface area (Å²) in [6.45, 7) is 0. The lowest BCUT2D eigenvalue weighted by Gasteiger charge is -2.27. The maximum absolute atomic E-state index is 12.7. The number of benzene rings is 1. The van der Waals surface area contributed by atoms with E-state index in [1.165, 1.54) is 12.1 Å². The lowest BCUT2D eigenvalue weighted by Crippen LogP contribution is -2.37. The Balaban J connectivity index is 1.78. The van der Waals surface area contributed by atoms with E-state index in [4.69, 9.17) is 0 Å². The molecule has 1 amide bonds. The van der Waals surface area contributed by atoms with E-state index >= 15 is 0 Å². The van der Waals surface area contributed by atoms with E-state index in [2.05, 4.69) is 5.32 Å². The average molecular weight is 327 g/mol. The van der Waals surface area contributed by atoms with Gasteiger partial charge in [-0.2, -0.15) is 13.2 Å². The molecule has 7 heteroatoms. The van der Waals surface area contributed by atoms with Gasteiger partial charge in [-0.25, -0.2) is 0 Å². The molecule has 0 radical (unpaired) electrons. The molecule has 0 saturated heterocycles. The molecule has 0 heterocycles. The molecule has 2 fully saturated rings. The molecule has 0 unspecified atom stereocenters. The fourth-order valence-corrected chi connectivity index (χ4v) is 4.02. The summed E-state index contributed by atoms with van der Waals surface area (Å²) in [6, 6.07) is 4.37. The van der Waals surface area contributed by atoms with Crippen molar-refractivity contribution in [3.63, 3.8) is 0 Å². The van der Waals surface area contributed by atoms with Gasteiger partial charge < -0.3 is 10.4 Å². The van der Waals surface area contributed by atoms with Gasteiger partial charge in [0, 0.05) is 5.69 Å². The minimum Gasteiger partial charge on any atom is -0.481 e. The van der Waals surface area contributed by atoms with Gasteiger partial charge in [-0.3, -0.25) is 9.59 Å². The first-order valence-corrected chi connectivity index (χ1v) is 7.48. The fourth-order valence-electron chi connectivity index (χ4n) is 4.02. The first-order chi connectivity index (χ1) is 10.8. The summed E-state index contributed by atoms with van der Waals surface area (Å²) < 4.78 is 38.1. The molecule has 0 aliphatic heterocycles. The van der Waals surface area contributed by atoms with Crippen LogP contribution in [0.3, 0.4) is 0 Å². The normalized spacial score (nSPS) is 29.5. The van der Waals surface area contributed by atoms with Crippen molar-refractivity contribution in [3.8, 4) is 0 Å². The molecule has 23 heavy (non-hydrogen) atoms. The number of rotatable bonds is 3. The third kappa shape index (κ3) is 2.92. The zero-order valence-electron chi connectivity index (χ0n) is 12.1. The van der Waals surface area contributed by atoms with Gasteiger partial charge in [0.25, 0.3) is 0 Å². The van der Waals surface area contributed by atoms with Crippen LogP contribution in [0.25, 0.3) is 0 Å². The first kappa shape index (κ1) is 15.8. The second kappa shape index (κ2) is 5.54. The highest BCUT2D eigenvalue weighted by molar-refractivity contribution is 5.96. The maximum atomic E-state index is 12.7. The molecule has 2 aliphatic rings. The smallest absolute Gasteiger partial charge is 0.416 e. The summed E-state index contributed by atoms with van der Waals surface area (Å²) in [5.74, 6) is -2.90. The minimum atomic E-state index is -4.49. The largest absolute Gasteiger partial charge is 0.481 e. The Morgan fingerprint density at radius 1 is 1.13 bits per heavy atom. The Labute approximate surface area is 130 Å². The summed E-state index contributed by atoms with van der Waals surface area (Å²) in [7, 11) is 0. The molecular weight excluding hydrogens is 311 g/mol. The van der Waals surface area contributed by atoms with E-state index in [0.29, 0.717) is 6.42 Å². The van der Waals surface area contributed by atoms with Crippen LogP contribution in [-0.2, 0) is 15.8 Å². The van der Waals surface area contributed by atoms with Crippen LogP contribution in [0.5, 0.6) is 0 Å². The zero-order valence-corrected chi connectivity index (χ0v) is 12.1.